The number of sulfonamides is 1. The van der Waals surface area contributed by atoms with Gasteiger partial charge in [-0.1, -0.05) is 11.6 Å². The first-order chi connectivity index (χ1) is 11.3. The number of amides is 1. The SMILES string of the molecule is COc1ccc(Cl)cc1CC(=O)N1CCCCC1CNS(C)(=O)=O. The normalized spacial score (nSPS) is 18.5. The summed E-state index contributed by atoms with van der Waals surface area (Å²) in [7, 11) is -1.72. The van der Waals surface area contributed by atoms with Crippen molar-refractivity contribution in [2.75, 3.05) is 26.5 Å². The second-order valence-electron chi connectivity index (χ2n) is 5.99. The fourth-order valence-corrected chi connectivity index (χ4v) is 3.63. The van der Waals surface area contributed by atoms with E-state index >= 15 is 0 Å². The average Bonchev–Trinajstić information content (AvgIpc) is 2.52. The van der Waals surface area contributed by atoms with Gasteiger partial charge >= 0.3 is 0 Å². The molecule has 1 heterocycles. The number of hydrogen-bond donors (Lipinski definition) is 1. The molecule has 0 bridgehead atoms. The number of nitrogens with one attached hydrogen (secondary N) is 1. The molecule has 1 fully saturated rings. The minimum atomic E-state index is -3.27. The Kier molecular flexibility index (Phi) is 6.48. The number of rotatable bonds is 6. The lowest BCUT2D eigenvalue weighted by molar-refractivity contribution is -0.134. The lowest BCUT2D eigenvalue weighted by Crippen LogP contribution is -2.49. The molecule has 1 aliphatic rings. The first-order valence-electron chi connectivity index (χ1n) is 7.86. The van der Waals surface area contributed by atoms with E-state index in [1.165, 1.54) is 0 Å². The van der Waals surface area contributed by atoms with Gasteiger partial charge in [0.2, 0.25) is 15.9 Å². The third-order valence-electron chi connectivity index (χ3n) is 4.11. The van der Waals surface area contributed by atoms with Gasteiger partial charge in [0.25, 0.3) is 0 Å². The average molecular weight is 375 g/mol. The molecule has 2 rings (SSSR count). The highest BCUT2D eigenvalue weighted by molar-refractivity contribution is 7.88. The number of hydrogen-bond acceptors (Lipinski definition) is 4. The van der Waals surface area contributed by atoms with E-state index in [0.29, 0.717) is 17.3 Å². The zero-order valence-corrected chi connectivity index (χ0v) is 15.5. The fourth-order valence-electron chi connectivity index (χ4n) is 2.94. The van der Waals surface area contributed by atoms with Crippen LogP contribution in [0.3, 0.4) is 0 Å². The van der Waals surface area contributed by atoms with Gasteiger partial charge in [-0.15, -0.1) is 0 Å². The van der Waals surface area contributed by atoms with Gasteiger partial charge < -0.3 is 9.64 Å². The maximum atomic E-state index is 12.7. The molecular formula is C16H23ClN2O4S. The Morgan fingerprint density at radius 2 is 2.17 bits per heavy atom. The Bertz CT molecular complexity index is 693. The Morgan fingerprint density at radius 3 is 2.83 bits per heavy atom. The van der Waals surface area contributed by atoms with E-state index in [2.05, 4.69) is 4.72 Å². The molecule has 1 amide bonds. The van der Waals surface area contributed by atoms with Crippen molar-refractivity contribution in [1.82, 2.24) is 9.62 Å². The van der Waals surface area contributed by atoms with Gasteiger partial charge in [-0.2, -0.15) is 0 Å². The number of likely N-dealkylation sites (tertiary alicyclic amines) is 1. The van der Waals surface area contributed by atoms with Gasteiger partial charge in [0.1, 0.15) is 5.75 Å². The van der Waals surface area contributed by atoms with E-state index in [1.807, 2.05) is 0 Å². The molecule has 0 aromatic heterocycles. The van der Waals surface area contributed by atoms with Gasteiger partial charge in [-0.3, -0.25) is 4.79 Å². The number of carbonyl (C=O) groups excluding carboxylic acids is 1. The topological polar surface area (TPSA) is 75.7 Å². The summed E-state index contributed by atoms with van der Waals surface area (Å²) in [6.07, 6.45) is 4.01. The predicted molar refractivity (Wildman–Crippen MR) is 93.9 cm³/mol. The van der Waals surface area contributed by atoms with E-state index in [4.69, 9.17) is 16.3 Å². The molecule has 8 heteroatoms. The zero-order valence-electron chi connectivity index (χ0n) is 13.9. The number of methoxy groups -OCH3 is 1. The molecule has 1 aliphatic heterocycles. The largest absolute Gasteiger partial charge is 0.496 e. The predicted octanol–water partition coefficient (Wildman–Crippen LogP) is 1.82. The van der Waals surface area contributed by atoms with E-state index < -0.39 is 10.0 Å². The summed E-state index contributed by atoms with van der Waals surface area (Å²) in [5.41, 5.74) is 0.732. The molecule has 0 aliphatic carbocycles. The highest BCUT2D eigenvalue weighted by atomic mass is 35.5. The summed E-state index contributed by atoms with van der Waals surface area (Å²) in [5, 5.41) is 0.549. The molecule has 1 aromatic carbocycles. The third-order valence-corrected chi connectivity index (χ3v) is 5.04. The van der Waals surface area contributed by atoms with E-state index in [1.54, 1.807) is 30.2 Å². The molecule has 24 heavy (non-hydrogen) atoms. The fraction of sp³-hybridized carbons (Fsp3) is 0.562. The van der Waals surface area contributed by atoms with Crippen LogP contribution in [0.4, 0.5) is 0 Å². The van der Waals surface area contributed by atoms with Crippen molar-refractivity contribution in [2.45, 2.75) is 31.7 Å². The maximum Gasteiger partial charge on any atom is 0.227 e. The lowest BCUT2D eigenvalue weighted by atomic mass is 10.0. The van der Waals surface area contributed by atoms with Crippen molar-refractivity contribution in [3.63, 3.8) is 0 Å². The monoisotopic (exact) mass is 374 g/mol. The molecule has 0 radical (unpaired) electrons. The molecule has 0 saturated carbocycles. The third kappa shape index (κ3) is 5.36. The van der Waals surface area contributed by atoms with Crippen molar-refractivity contribution in [3.8, 4) is 5.75 Å². The summed E-state index contributed by atoms with van der Waals surface area (Å²) < 4.78 is 30.4. The van der Waals surface area contributed by atoms with Crippen LogP contribution in [0, 0.1) is 0 Å². The molecule has 1 saturated heterocycles. The van der Waals surface area contributed by atoms with Crippen molar-refractivity contribution in [3.05, 3.63) is 28.8 Å². The second kappa shape index (κ2) is 8.18. The van der Waals surface area contributed by atoms with Gasteiger partial charge in [0, 0.05) is 29.7 Å². The molecule has 6 nitrogen and oxygen atoms in total. The Morgan fingerprint density at radius 1 is 1.42 bits per heavy atom. The second-order valence-corrected chi connectivity index (χ2v) is 8.26. The van der Waals surface area contributed by atoms with Crippen LogP contribution in [0.15, 0.2) is 18.2 Å². The molecule has 0 spiro atoms. The number of benzene rings is 1. The summed E-state index contributed by atoms with van der Waals surface area (Å²) >= 11 is 6.01. The molecule has 1 atom stereocenters. The summed E-state index contributed by atoms with van der Waals surface area (Å²) in [4.78, 5) is 14.5. The van der Waals surface area contributed by atoms with Gasteiger partial charge in [-0.05, 0) is 37.5 Å². The van der Waals surface area contributed by atoms with E-state index in [0.717, 1.165) is 31.1 Å². The van der Waals surface area contributed by atoms with Crippen LogP contribution < -0.4 is 9.46 Å². The Labute approximate surface area is 148 Å². The summed E-state index contributed by atoms with van der Waals surface area (Å²) in [5.74, 6) is 0.575. The van der Waals surface area contributed by atoms with Crippen LogP contribution in [0.2, 0.25) is 5.02 Å². The zero-order chi connectivity index (χ0) is 17.7. The van der Waals surface area contributed by atoms with Crippen LogP contribution in [0.1, 0.15) is 24.8 Å². The van der Waals surface area contributed by atoms with Gasteiger partial charge in [0.05, 0.1) is 19.8 Å². The minimum absolute atomic E-state index is 0.0458. The van der Waals surface area contributed by atoms with Crippen LogP contribution in [0.25, 0.3) is 0 Å². The smallest absolute Gasteiger partial charge is 0.227 e. The van der Waals surface area contributed by atoms with Crippen LogP contribution >= 0.6 is 11.6 Å². The summed E-state index contributed by atoms with van der Waals surface area (Å²) in [6.45, 7) is 0.884. The van der Waals surface area contributed by atoms with Crippen molar-refractivity contribution >= 4 is 27.5 Å². The van der Waals surface area contributed by atoms with Gasteiger partial charge in [0.15, 0.2) is 0 Å². The number of nitrogens with zero attached hydrogens (tertiary/aromatic N) is 1. The first-order valence-corrected chi connectivity index (χ1v) is 10.1. The van der Waals surface area contributed by atoms with E-state index in [-0.39, 0.29) is 24.9 Å². The highest BCUT2D eigenvalue weighted by Gasteiger charge is 2.27. The van der Waals surface area contributed by atoms with Crippen LogP contribution in [0.5, 0.6) is 5.75 Å². The minimum Gasteiger partial charge on any atom is -0.496 e. The van der Waals surface area contributed by atoms with Gasteiger partial charge in [-0.25, -0.2) is 13.1 Å². The maximum absolute atomic E-state index is 12.7. The van der Waals surface area contributed by atoms with Crippen LogP contribution in [-0.2, 0) is 21.2 Å². The summed E-state index contributed by atoms with van der Waals surface area (Å²) in [6, 6.07) is 5.07. The number of carbonyl (C=O) groups is 1. The first kappa shape index (κ1) is 19.0. The quantitative estimate of drug-likeness (QED) is 0.824. The van der Waals surface area contributed by atoms with Crippen molar-refractivity contribution in [1.29, 1.82) is 0 Å². The number of halogens is 1. The Hall–Kier alpha value is -1.31. The molecule has 1 unspecified atom stereocenters. The lowest BCUT2D eigenvalue weighted by Gasteiger charge is -2.36. The molecule has 134 valence electrons. The molecular weight excluding hydrogens is 352 g/mol. The Balaban J connectivity index is 2.10. The molecule has 1 N–H and O–H groups in total. The van der Waals surface area contributed by atoms with Crippen molar-refractivity contribution < 1.29 is 17.9 Å². The highest BCUT2D eigenvalue weighted by Crippen LogP contribution is 2.25. The molecule has 1 aromatic rings. The van der Waals surface area contributed by atoms with E-state index in [9.17, 15) is 13.2 Å². The number of piperidine rings is 1. The van der Waals surface area contributed by atoms with Crippen LogP contribution in [-0.4, -0.2) is 51.7 Å². The van der Waals surface area contributed by atoms with Crippen molar-refractivity contribution in [2.24, 2.45) is 0 Å². The standard InChI is InChI=1S/C16H23ClN2O4S/c1-23-15-7-6-13(17)9-12(15)10-16(20)19-8-4-3-5-14(19)11-18-24(2,21)22/h6-7,9,14,18H,3-5,8,10-11H2,1-2H3. The number of ether oxygens (including phenoxy) is 1.